The molecule has 0 bridgehead atoms. The summed E-state index contributed by atoms with van der Waals surface area (Å²) in [5, 5.41) is 7.10. The molecule has 1 aliphatic rings. The van der Waals surface area contributed by atoms with Crippen molar-refractivity contribution in [2.45, 2.75) is 26.1 Å². The van der Waals surface area contributed by atoms with Gasteiger partial charge in [0, 0.05) is 18.7 Å². The number of morpholine rings is 1. The standard InChI is InChI=1S/C17H21N3O3/c1-11-9-20(10-12(2)23-11)17(21)16-8-15(18-19-16)13-5-4-6-14(7-13)22-3/h4-8,11-12H,9-10H2,1-3H3,(H,18,19)/t11-,12-/m0/s1. The molecule has 1 N–H and O–H groups in total. The van der Waals surface area contributed by atoms with E-state index in [9.17, 15) is 4.79 Å². The first-order chi connectivity index (χ1) is 11.1. The van der Waals surface area contributed by atoms with Crippen LogP contribution in [0, 0.1) is 0 Å². The lowest BCUT2D eigenvalue weighted by Gasteiger charge is -2.34. The zero-order chi connectivity index (χ0) is 16.4. The topological polar surface area (TPSA) is 67.4 Å². The molecule has 0 unspecified atom stereocenters. The number of ether oxygens (including phenoxy) is 2. The number of carbonyl (C=O) groups excluding carboxylic acids is 1. The van der Waals surface area contributed by atoms with Crippen LogP contribution in [0.2, 0.25) is 0 Å². The van der Waals surface area contributed by atoms with Crippen molar-refractivity contribution >= 4 is 5.91 Å². The Morgan fingerprint density at radius 2 is 2.04 bits per heavy atom. The van der Waals surface area contributed by atoms with E-state index in [0.29, 0.717) is 18.8 Å². The molecule has 2 atom stereocenters. The summed E-state index contributed by atoms with van der Waals surface area (Å²) in [6.45, 7) is 5.14. The van der Waals surface area contributed by atoms with E-state index in [1.54, 1.807) is 13.2 Å². The molecule has 1 fully saturated rings. The van der Waals surface area contributed by atoms with Crippen LogP contribution in [0.15, 0.2) is 30.3 Å². The van der Waals surface area contributed by atoms with E-state index in [1.165, 1.54) is 0 Å². The third-order valence-corrected chi connectivity index (χ3v) is 3.88. The van der Waals surface area contributed by atoms with Gasteiger partial charge >= 0.3 is 0 Å². The molecule has 3 rings (SSSR count). The molecule has 1 aromatic heterocycles. The highest BCUT2D eigenvalue weighted by Crippen LogP contribution is 2.23. The van der Waals surface area contributed by atoms with Crippen LogP contribution in [-0.4, -0.2) is 53.4 Å². The molecule has 122 valence electrons. The maximum Gasteiger partial charge on any atom is 0.272 e. The average molecular weight is 315 g/mol. The Labute approximate surface area is 135 Å². The Balaban J connectivity index is 1.79. The van der Waals surface area contributed by atoms with Gasteiger partial charge in [-0.1, -0.05) is 12.1 Å². The molecule has 0 spiro atoms. The number of benzene rings is 1. The third-order valence-electron chi connectivity index (χ3n) is 3.88. The molecule has 23 heavy (non-hydrogen) atoms. The van der Waals surface area contributed by atoms with Gasteiger partial charge in [0.05, 0.1) is 25.0 Å². The van der Waals surface area contributed by atoms with Crippen LogP contribution in [0.25, 0.3) is 11.3 Å². The molecule has 2 aromatic rings. The van der Waals surface area contributed by atoms with Crippen LogP contribution in [0.4, 0.5) is 0 Å². The van der Waals surface area contributed by atoms with Crippen molar-refractivity contribution in [2.75, 3.05) is 20.2 Å². The molecular weight excluding hydrogens is 294 g/mol. The van der Waals surface area contributed by atoms with Gasteiger partial charge in [-0.05, 0) is 32.0 Å². The maximum atomic E-state index is 12.6. The van der Waals surface area contributed by atoms with Crippen LogP contribution in [0.3, 0.4) is 0 Å². The van der Waals surface area contributed by atoms with E-state index in [2.05, 4.69) is 10.2 Å². The number of hydrogen-bond acceptors (Lipinski definition) is 4. The molecule has 0 radical (unpaired) electrons. The number of hydrogen-bond donors (Lipinski definition) is 1. The van der Waals surface area contributed by atoms with Gasteiger partial charge in [0.15, 0.2) is 0 Å². The van der Waals surface area contributed by atoms with Gasteiger partial charge in [0.2, 0.25) is 0 Å². The second kappa shape index (κ2) is 6.42. The summed E-state index contributed by atoms with van der Waals surface area (Å²) in [4.78, 5) is 14.4. The van der Waals surface area contributed by atoms with Gasteiger partial charge in [-0.25, -0.2) is 0 Å². The Hall–Kier alpha value is -2.34. The number of rotatable bonds is 3. The van der Waals surface area contributed by atoms with Gasteiger partial charge < -0.3 is 14.4 Å². The molecule has 6 heteroatoms. The minimum Gasteiger partial charge on any atom is -0.497 e. The van der Waals surface area contributed by atoms with Gasteiger partial charge in [0.25, 0.3) is 5.91 Å². The summed E-state index contributed by atoms with van der Waals surface area (Å²) in [6, 6.07) is 9.38. The number of aromatic amines is 1. The highest BCUT2D eigenvalue weighted by Gasteiger charge is 2.27. The maximum absolute atomic E-state index is 12.6. The minimum absolute atomic E-state index is 0.0449. The van der Waals surface area contributed by atoms with Crippen LogP contribution in [0.1, 0.15) is 24.3 Å². The number of nitrogens with one attached hydrogen (secondary N) is 1. The van der Waals surface area contributed by atoms with Gasteiger partial charge in [-0.3, -0.25) is 9.89 Å². The highest BCUT2D eigenvalue weighted by molar-refractivity contribution is 5.93. The van der Waals surface area contributed by atoms with E-state index in [0.717, 1.165) is 17.0 Å². The Morgan fingerprint density at radius 1 is 1.30 bits per heavy atom. The second-order valence-electron chi connectivity index (χ2n) is 5.87. The quantitative estimate of drug-likeness (QED) is 0.944. The first kappa shape index (κ1) is 15.6. The fourth-order valence-electron chi connectivity index (χ4n) is 2.88. The van der Waals surface area contributed by atoms with E-state index < -0.39 is 0 Å². The van der Waals surface area contributed by atoms with Crippen molar-refractivity contribution in [3.05, 3.63) is 36.0 Å². The number of carbonyl (C=O) groups is 1. The molecule has 0 saturated carbocycles. The third kappa shape index (κ3) is 3.37. The van der Waals surface area contributed by atoms with Crippen molar-refractivity contribution in [1.82, 2.24) is 15.1 Å². The fraction of sp³-hybridized carbons (Fsp3) is 0.412. The molecule has 2 heterocycles. The number of H-pyrrole nitrogens is 1. The Bertz CT molecular complexity index is 688. The number of methoxy groups -OCH3 is 1. The van der Waals surface area contributed by atoms with Crippen LogP contribution in [-0.2, 0) is 4.74 Å². The lowest BCUT2D eigenvalue weighted by molar-refractivity contribution is -0.0587. The van der Waals surface area contributed by atoms with E-state index in [1.807, 2.05) is 43.0 Å². The average Bonchev–Trinajstić information content (AvgIpc) is 3.03. The van der Waals surface area contributed by atoms with Gasteiger partial charge in [-0.2, -0.15) is 5.10 Å². The summed E-state index contributed by atoms with van der Waals surface area (Å²) in [5.74, 6) is 0.711. The predicted molar refractivity (Wildman–Crippen MR) is 86.5 cm³/mol. The second-order valence-corrected chi connectivity index (χ2v) is 5.87. The SMILES string of the molecule is COc1cccc(-c2cc(C(=O)N3C[C@H](C)O[C@@H](C)C3)[nH]n2)c1. The summed E-state index contributed by atoms with van der Waals surface area (Å²) >= 11 is 0. The minimum atomic E-state index is -0.0475. The van der Waals surface area contributed by atoms with Gasteiger partial charge in [0.1, 0.15) is 11.4 Å². The van der Waals surface area contributed by atoms with Crippen LogP contribution >= 0.6 is 0 Å². The van der Waals surface area contributed by atoms with E-state index >= 15 is 0 Å². The number of nitrogens with zero attached hydrogens (tertiary/aromatic N) is 2. The zero-order valence-electron chi connectivity index (χ0n) is 13.6. The van der Waals surface area contributed by atoms with Crippen molar-refractivity contribution in [3.63, 3.8) is 0 Å². The zero-order valence-corrected chi connectivity index (χ0v) is 13.6. The van der Waals surface area contributed by atoms with Crippen LogP contribution in [0.5, 0.6) is 5.75 Å². The monoisotopic (exact) mass is 315 g/mol. The highest BCUT2D eigenvalue weighted by atomic mass is 16.5. The van der Waals surface area contributed by atoms with Crippen LogP contribution < -0.4 is 4.74 Å². The molecule has 0 aliphatic carbocycles. The smallest absolute Gasteiger partial charge is 0.272 e. The largest absolute Gasteiger partial charge is 0.497 e. The molecule has 1 aromatic carbocycles. The van der Waals surface area contributed by atoms with Crippen molar-refractivity contribution in [2.24, 2.45) is 0 Å². The number of amides is 1. The Morgan fingerprint density at radius 3 is 2.74 bits per heavy atom. The summed E-state index contributed by atoms with van der Waals surface area (Å²) < 4.78 is 10.9. The van der Waals surface area contributed by atoms with E-state index in [-0.39, 0.29) is 18.1 Å². The molecular formula is C17H21N3O3. The fourth-order valence-corrected chi connectivity index (χ4v) is 2.88. The molecule has 6 nitrogen and oxygen atoms in total. The summed E-state index contributed by atoms with van der Waals surface area (Å²) in [6.07, 6.45) is 0.0898. The Kier molecular flexibility index (Phi) is 4.34. The summed E-state index contributed by atoms with van der Waals surface area (Å²) in [7, 11) is 1.62. The van der Waals surface area contributed by atoms with Gasteiger partial charge in [-0.15, -0.1) is 0 Å². The molecule has 1 aliphatic heterocycles. The summed E-state index contributed by atoms with van der Waals surface area (Å²) in [5.41, 5.74) is 2.12. The number of aromatic nitrogens is 2. The molecule has 1 amide bonds. The van der Waals surface area contributed by atoms with Crippen molar-refractivity contribution in [3.8, 4) is 17.0 Å². The predicted octanol–water partition coefficient (Wildman–Crippen LogP) is 2.33. The molecule has 1 saturated heterocycles. The first-order valence-corrected chi connectivity index (χ1v) is 7.71. The lowest BCUT2D eigenvalue weighted by Crippen LogP contribution is -2.48. The van der Waals surface area contributed by atoms with E-state index in [4.69, 9.17) is 9.47 Å². The lowest BCUT2D eigenvalue weighted by atomic mass is 10.1. The normalized spacial score (nSPS) is 21.3. The van der Waals surface area contributed by atoms with Crippen molar-refractivity contribution in [1.29, 1.82) is 0 Å². The van der Waals surface area contributed by atoms with Crippen molar-refractivity contribution < 1.29 is 14.3 Å². The first-order valence-electron chi connectivity index (χ1n) is 7.71.